The average Bonchev–Trinajstić information content (AvgIpc) is 2.95. The second-order valence-electron chi connectivity index (χ2n) is 5.67. The highest BCUT2D eigenvalue weighted by Crippen LogP contribution is 2.44. The first kappa shape index (κ1) is 14.2. The smallest absolute Gasteiger partial charge is 0.0161 e. The average molecular weight is 255 g/mol. The Kier molecular flexibility index (Phi) is 5.05. The summed E-state index contributed by atoms with van der Waals surface area (Å²) in [6.07, 6.45) is 13.9. The Morgan fingerprint density at radius 2 is 1.95 bits per heavy atom. The summed E-state index contributed by atoms with van der Waals surface area (Å²) in [5, 5.41) is 3.57. The van der Waals surface area contributed by atoms with Crippen LogP contribution < -0.4 is 5.32 Å². The van der Waals surface area contributed by atoms with Gasteiger partial charge in [0, 0.05) is 17.9 Å². The van der Waals surface area contributed by atoms with E-state index >= 15 is 0 Å². The van der Waals surface area contributed by atoms with Crippen LogP contribution in [0.25, 0.3) is 0 Å². The van der Waals surface area contributed by atoms with Crippen LogP contribution in [0.2, 0.25) is 0 Å². The van der Waals surface area contributed by atoms with Crippen molar-refractivity contribution in [3.05, 3.63) is 35.9 Å². The molecule has 1 aromatic rings. The van der Waals surface area contributed by atoms with Crippen molar-refractivity contribution in [1.29, 1.82) is 0 Å². The summed E-state index contributed by atoms with van der Waals surface area (Å²) >= 11 is 0. The molecular formula is C18H25N. The lowest BCUT2D eigenvalue weighted by atomic mass is 9.71. The fourth-order valence-corrected chi connectivity index (χ4v) is 3.72. The Labute approximate surface area is 117 Å². The van der Waals surface area contributed by atoms with Crippen molar-refractivity contribution in [1.82, 2.24) is 5.32 Å². The van der Waals surface area contributed by atoms with Crippen LogP contribution in [-0.4, -0.2) is 13.1 Å². The maximum atomic E-state index is 5.38. The molecule has 0 amide bonds. The minimum atomic E-state index is 0.324. The van der Waals surface area contributed by atoms with Gasteiger partial charge in [-0.05, 0) is 38.3 Å². The van der Waals surface area contributed by atoms with E-state index in [-0.39, 0.29) is 0 Å². The number of hydrogen-bond donors (Lipinski definition) is 1. The molecule has 0 saturated heterocycles. The van der Waals surface area contributed by atoms with Crippen molar-refractivity contribution in [2.45, 2.75) is 56.4 Å². The van der Waals surface area contributed by atoms with Gasteiger partial charge >= 0.3 is 0 Å². The number of terminal acetylenes is 1. The Balaban J connectivity index is 2.20. The van der Waals surface area contributed by atoms with Gasteiger partial charge in [0.25, 0.3) is 0 Å². The van der Waals surface area contributed by atoms with Gasteiger partial charge in [0.15, 0.2) is 0 Å². The summed E-state index contributed by atoms with van der Waals surface area (Å²) in [5.41, 5.74) is 1.83. The van der Waals surface area contributed by atoms with Gasteiger partial charge in [-0.15, -0.1) is 12.3 Å². The van der Waals surface area contributed by atoms with Crippen LogP contribution in [0, 0.1) is 12.3 Å². The lowest BCUT2D eigenvalue weighted by Gasteiger charge is -2.38. The summed E-state index contributed by atoms with van der Waals surface area (Å²) in [7, 11) is 2.10. The standard InChI is InChI=1S/C18H25N/c1-3-4-6-13-17(19-2)18(14-9-10-15-18)16-11-7-5-8-12-16/h1,5,7-8,11-12,17,19H,4,6,9-10,13-15H2,2H3. The van der Waals surface area contributed by atoms with Crippen LogP contribution in [0.15, 0.2) is 30.3 Å². The molecule has 0 bridgehead atoms. The maximum Gasteiger partial charge on any atom is 0.0161 e. The molecule has 1 atom stereocenters. The fraction of sp³-hybridized carbons (Fsp3) is 0.556. The molecule has 19 heavy (non-hydrogen) atoms. The SMILES string of the molecule is C#CCCCC(NC)C1(c2ccccc2)CCCC1. The normalized spacial score (nSPS) is 18.9. The summed E-state index contributed by atoms with van der Waals surface area (Å²) in [6, 6.07) is 11.6. The third kappa shape index (κ3) is 3.01. The van der Waals surface area contributed by atoms with Crippen molar-refractivity contribution in [2.75, 3.05) is 7.05 Å². The predicted octanol–water partition coefficient (Wildman–Crippen LogP) is 3.89. The zero-order valence-electron chi connectivity index (χ0n) is 12.0. The molecule has 0 radical (unpaired) electrons. The molecule has 1 fully saturated rings. The monoisotopic (exact) mass is 255 g/mol. The molecule has 0 aliphatic heterocycles. The largest absolute Gasteiger partial charge is 0.316 e. The summed E-state index contributed by atoms with van der Waals surface area (Å²) in [6.45, 7) is 0. The maximum absolute atomic E-state index is 5.38. The number of nitrogens with one attached hydrogen (secondary N) is 1. The molecule has 0 heterocycles. The molecular weight excluding hydrogens is 230 g/mol. The number of benzene rings is 1. The van der Waals surface area contributed by atoms with E-state index in [0.717, 1.165) is 12.8 Å². The molecule has 1 aliphatic rings. The van der Waals surface area contributed by atoms with Gasteiger partial charge in [0.1, 0.15) is 0 Å². The van der Waals surface area contributed by atoms with Crippen LogP contribution in [0.1, 0.15) is 50.5 Å². The van der Waals surface area contributed by atoms with E-state index in [2.05, 4.69) is 48.6 Å². The van der Waals surface area contributed by atoms with E-state index in [0.29, 0.717) is 11.5 Å². The first-order valence-electron chi connectivity index (χ1n) is 7.50. The topological polar surface area (TPSA) is 12.0 Å². The third-order valence-corrected chi connectivity index (χ3v) is 4.67. The Bertz CT molecular complexity index is 409. The summed E-state index contributed by atoms with van der Waals surface area (Å²) in [5.74, 6) is 2.76. The van der Waals surface area contributed by atoms with Crippen LogP contribution in [0.5, 0.6) is 0 Å². The molecule has 1 heteroatoms. The minimum absolute atomic E-state index is 0.324. The molecule has 1 aliphatic carbocycles. The van der Waals surface area contributed by atoms with Crippen molar-refractivity contribution in [2.24, 2.45) is 0 Å². The third-order valence-electron chi connectivity index (χ3n) is 4.67. The first-order valence-corrected chi connectivity index (χ1v) is 7.50. The highest BCUT2D eigenvalue weighted by Gasteiger charge is 2.41. The van der Waals surface area contributed by atoms with Gasteiger partial charge in [0.05, 0.1) is 0 Å². The van der Waals surface area contributed by atoms with Gasteiger partial charge in [-0.1, -0.05) is 43.2 Å². The van der Waals surface area contributed by atoms with E-state index in [1.165, 1.54) is 37.7 Å². The molecule has 1 nitrogen and oxygen atoms in total. The van der Waals surface area contributed by atoms with E-state index in [1.807, 2.05) is 0 Å². The van der Waals surface area contributed by atoms with Crippen molar-refractivity contribution in [3.63, 3.8) is 0 Å². The first-order chi connectivity index (χ1) is 9.33. The van der Waals surface area contributed by atoms with Crippen molar-refractivity contribution in [3.8, 4) is 12.3 Å². The lowest BCUT2D eigenvalue weighted by molar-refractivity contribution is 0.291. The van der Waals surface area contributed by atoms with E-state index in [1.54, 1.807) is 0 Å². The zero-order chi connectivity index (χ0) is 13.6. The van der Waals surface area contributed by atoms with Gasteiger partial charge in [-0.25, -0.2) is 0 Å². The highest BCUT2D eigenvalue weighted by atomic mass is 14.9. The summed E-state index contributed by atoms with van der Waals surface area (Å²) < 4.78 is 0. The van der Waals surface area contributed by atoms with E-state index in [4.69, 9.17) is 6.42 Å². The molecule has 102 valence electrons. The second kappa shape index (κ2) is 6.78. The van der Waals surface area contributed by atoms with Crippen LogP contribution >= 0.6 is 0 Å². The van der Waals surface area contributed by atoms with Crippen LogP contribution in [0.4, 0.5) is 0 Å². The Hall–Kier alpha value is -1.26. The molecule has 2 rings (SSSR count). The van der Waals surface area contributed by atoms with Crippen molar-refractivity contribution >= 4 is 0 Å². The lowest BCUT2D eigenvalue weighted by Crippen LogP contribution is -2.45. The molecule has 1 N–H and O–H groups in total. The molecule has 1 aromatic carbocycles. The molecule has 1 unspecified atom stereocenters. The Morgan fingerprint density at radius 1 is 1.26 bits per heavy atom. The minimum Gasteiger partial charge on any atom is -0.316 e. The molecule has 1 saturated carbocycles. The number of likely N-dealkylation sites (N-methyl/N-ethyl adjacent to an activating group) is 1. The van der Waals surface area contributed by atoms with Gasteiger partial charge < -0.3 is 5.32 Å². The van der Waals surface area contributed by atoms with Gasteiger partial charge in [-0.3, -0.25) is 0 Å². The van der Waals surface area contributed by atoms with Crippen LogP contribution in [-0.2, 0) is 5.41 Å². The quantitative estimate of drug-likeness (QED) is 0.600. The van der Waals surface area contributed by atoms with Crippen molar-refractivity contribution < 1.29 is 0 Å². The highest BCUT2D eigenvalue weighted by molar-refractivity contribution is 5.29. The van der Waals surface area contributed by atoms with E-state index < -0.39 is 0 Å². The summed E-state index contributed by atoms with van der Waals surface area (Å²) in [4.78, 5) is 0. The number of hydrogen-bond acceptors (Lipinski definition) is 1. The predicted molar refractivity (Wildman–Crippen MR) is 82.1 cm³/mol. The van der Waals surface area contributed by atoms with E-state index in [9.17, 15) is 0 Å². The fourth-order valence-electron chi connectivity index (χ4n) is 3.72. The number of rotatable bonds is 6. The van der Waals surface area contributed by atoms with Crippen LogP contribution in [0.3, 0.4) is 0 Å². The second-order valence-corrected chi connectivity index (χ2v) is 5.67. The molecule has 0 spiro atoms. The number of unbranched alkanes of at least 4 members (excludes halogenated alkanes) is 1. The zero-order valence-corrected chi connectivity index (χ0v) is 12.0. The Morgan fingerprint density at radius 3 is 2.53 bits per heavy atom. The van der Waals surface area contributed by atoms with Gasteiger partial charge in [0.2, 0.25) is 0 Å². The van der Waals surface area contributed by atoms with Gasteiger partial charge in [-0.2, -0.15) is 0 Å². The molecule has 0 aromatic heterocycles.